The fourth-order valence-electron chi connectivity index (χ4n) is 8.98. The summed E-state index contributed by atoms with van der Waals surface area (Å²) in [5, 5.41) is 21.6. The molecular formula is C52H29N3S. The van der Waals surface area contributed by atoms with Crippen LogP contribution in [0.25, 0.3) is 113 Å². The van der Waals surface area contributed by atoms with E-state index in [1.54, 1.807) is 0 Å². The molecule has 3 heterocycles. The maximum atomic E-state index is 9.35. The van der Waals surface area contributed by atoms with Crippen LogP contribution >= 0.6 is 11.3 Å². The number of thiophene rings is 1. The van der Waals surface area contributed by atoms with Crippen molar-refractivity contribution >= 4 is 91.3 Å². The van der Waals surface area contributed by atoms with Crippen molar-refractivity contribution in [1.82, 2.24) is 9.38 Å². The van der Waals surface area contributed by atoms with Gasteiger partial charge < -0.3 is 0 Å². The molecule has 258 valence electrons. The first-order chi connectivity index (χ1) is 27.7. The Balaban J connectivity index is 1.09. The summed E-state index contributed by atoms with van der Waals surface area (Å²) in [6, 6.07) is 65.5. The Morgan fingerprint density at radius 3 is 1.79 bits per heavy atom. The van der Waals surface area contributed by atoms with E-state index >= 15 is 0 Å². The van der Waals surface area contributed by atoms with Gasteiger partial charge in [-0.15, -0.1) is 11.3 Å². The largest absolute Gasteiger partial charge is 0.291 e. The summed E-state index contributed by atoms with van der Waals surface area (Å²) in [7, 11) is 0. The topological polar surface area (TPSA) is 41.1 Å². The molecule has 0 bridgehead atoms. The van der Waals surface area contributed by atoms with Gasteiger partial charge in [0.25, 0.3) is 0 Å². The fraction of sp³-hybridized carbons (Fsp3) is 0. The number of aromatic nitrogens is 2. The van der Waals surface area contributed by atoms with Crippen molar-refractivity contribution in [3.8, 4) is 39.6 Å². The van der Waals surface area contributed by atoms with Crippen LogP contribution in [0.15, 0.2) is 176 Å². The lowest BCUT2D eigenvalue weighted by atomic mass is 9.91. The lowest BCUT2D eigenvalue weighted by Gasteiger charge is -2.14. The van der Waals surface area contributed by atoms with E-state index in [1.165, 1.54) is 68.8 Å². The molecule has 0 unspecified atom stereocenters. The number of fused-ring (bicyclic) bond motifs is 14. The van der Waals surface area contributed by atoms with E-state index in [1.807, 2.05) is 35.6 Å². The standard InChI is InChI=1S/C52H29N3S/c53-30-31-13-15-34(16-14-31)38-24-25-39(42-12-6-5-11-41(38)42)35-17-19-36(20-18-35)47-29-45-49-40-10-4-2-8-33(40)22-28-48(49)56-51(45)52-54-50-44-23-21-32-7-1-3-9-37(32)43(44)26-27-46(50)55(47)52/h1-29H. The molecule has 0 fully saturated rings. The molecule has 9 aromatic carbocycles. The molecule has 12 rings (SSSR count). The molecule has 0 amide bonds. The second kappa shape index (κ2) is 11.8. The molecule has 0 radical (unpaired) electrons. The second-order valence-corrected chi connectivity index (χ2v) is 15.6. The molecule has 0 spiro atoms. The van der Waals surface area contributed by atoms with Gasteiger partial charge in [-0.3, -0.25) is 4.40 Å². The molecule has 0 atom stereocenters. The average Bonchev–Trinajstić information content (AvgIpc) is 3.85. The van der Waals surface area contributed by atoms with Crippen molar-refractivity contribution < 1.29 is 0 Å². The third-order valence-corrected chi connectivity index (χ3v) is 12.8. The smallest absolute Gasteiger partial charge is 0.156 e. The van der Waals surface area contributed by atoms with Crippen LogP contribution in [0.4, 0.5) is 0 Å². The molecule has 3 aromatic heterocycles. The summed E-state index contributed by atoms with van der Waals surface area (Å²) in [4.78, 5) is 5.54. The van der Waals surface area contributed by atoms with Crippen LogP contribution in [0, 0.1) is 11.3 Å². The van der Waals surface area contributed by atoms with Crippen LogP contribution in [-0.4, -0.2) is 9.38 Å². The van der Waals surface area contributed by atoms with E-state index in [0.717, 1.165) is 44.6 Å². The highest BCUT2D eigenvalue weighted by Gasteiger charge is 2.21. The highest BCUT2D eigenvalue weighted by molar-refractivity contribution is 7.26. The van der Waals surface area contributed by atoms with Crippen LogP contribution in [0.5, 0.6) is 0 Å². The summed E-state index contributed by atoms with van der Waals surface area (Å²) < 4.78 is 4.86. The Bertz CT molecular complexity index is 3640. The fourth-order valence-corrected chi connectivity index (χ4v) is 10.2. The molecule has 0 saturated carbocycles. The summed E-state index contributed by atoms with van der Waals surface area (Å²) in [6.45, 7) is 0. The maximum Gasteiger partial charge on any atom is 0.156 e. The minimum Gasteiger partial charge on any atom is -0.291 e. The van der Waals surface area contributed by atoms with Gasteiger partial charge >= 0.3 is 0 Å². The number of nitrogens with zero attached hydrogens (tertiary/aromatic N) is 3. The van der Waals surface area contributed by atoms with Crippen molar-refractivity contribution in [3.05, 3.63) is 181 Å². The van der Waals surface area contributed by atoms with Gasteiger partial charge in [0.05, 0.1) is 33.1 Å². The van der Waals surface area contributed by atoms with E-state index in [2.05, 4.69) is 162 Å². The van der Waals surface area contributed by atoms with Crippen LogP contribution in [0.1, 0.15) is 5.56 Å². The zero-order chi connectivity index (χ0) is 36.9. The van der Waals surface area contributed by atoms with E-state index < -0.39 is 0 Å². The van der Waals surface area contributed by atoms with E-state index in [-0.39, 0.29) is 0 Å². The number of imidazole rings is 1. The molecule has 4 heteroatoms. The zero-order valence-electron chi connectivity index (χ0n) is 30.0. The number of nitriles is 1. The van der Waals surface area contributed by atoms with Gasteiger partial charge in [0.15, 0.2) is 5.65 Å². The second-order valence-electron chi connectivity index (χ2n) is 14.6. The highest BCUT2D eigenvalue weighted by atomic mass is 32.1. The molecule has 3 nitrogen and oxygen atoms in total. The van der Waals surface area contributed by atoms with E-state index in [0.29, 0.717) is 5.56 Å². The first-order valence-corrected chi connectivity index (χ1v) is 19.7. The van der Waals surface area contributed by atoms with Crippen LogP contribution in [-0.2, 0) is 0 Å². The van der Waals surface area contributed by atoms with Gasteiger partial charge in [0.1, 0.15) is 0 Å². The number of hydrogen-bond acceptors (Lipinski definition) is 3. The lowest BCUT2D eigenvalue weighted by Crippen LogP contribution is -1.93. The van der Waals surface area contributed by atoms with E-state index in [4.69, 9.17) is 4.98 Å². The summed E-state index contributed by atoms with van der Waals surface area (Å²) in [5.41, 5.74) is 10.6. The third kappa shape index (κ3) is 4.47. The summed E-state index contributed by atoms with van der Waals surface area (Å²) in [5.74, 6) is 0. The number of pyridine rings is 1. The van der Waals surface area contributed by atoms with Crippen LogP contribution in [0.3, 0.4) is 0 Å². The number of rotatable bonds is 3. The first kappa shape index (κ1) is 31.1. The van der Waals surface area contributed by atoms with Gasteiger partial charge in [-0.1, -0.05) is 146 Å². The summed E-state index contributed by atoms with van der Waals surface area (Å²) in [6.07, 6.45) is 0. The van der Waals surface area contributed by atoms with Gasteiger partial charge in [-0.05, 0) is 95.9 Å². The van der Waals surface area contributed by atoms with Crippen LogP contribution in [0.2, 0.25) is 0 Å². The monoisotopic (exact) mass is 727 g/mol. The number of hydrogen-bond donors (Lipinski definition) is 0. The molecule has 0 aliphatic carbocycles. The first-order valence-electron chi connectivity index (χ1n) is 18.8. The average molecular weight is 728 g/mol. The SMILES string of the molecule is N#Cc1ccc(-c2ccc(-c3ccc(-c4cc5c(sc6ccc7ccccc7c65)c5nc6c7ccc8ccccc8c7ccc6n45)cc3)c3ccccc23)cc1. The van der Waals surface area contributed by atoms with Gasteiger partial charge in [0, 0.05) is 20.9 Å². The molecule has 12 aromatic rings. The van der Waals surface area contributed by atoms with Gasteiger partial charge in [-0.25, -0.2) is 4.98 Å². The predicted octanol–water partition coefficient (Wildman–Crippen LogP) is 14.3. The van der Waals surface area contributed by atoms with E-state index in [9.17, 15) is 5.26 Å². The predicted molar refractivity (Wildman–Crippen MR) is 237 cm³/mol. The van der Waals surface area contributed by atoms with Crippen LogP contribution < -0.4 is 0 Å². The van der Waals surface area contributed by atoms with Crippen molar-refractivity contribution in [3.63, 3.8) is 0 Å². The van der Waals surface area contributed by atoms with Gasteiger partial charge in [0.2, 0.25) is 0 Å². The highest BCUT2D eigenvalue weighted by Crippen LogP contribution is 2.45. The van der Waals surface area contributed by atoms with Crippen molar-refractivity contribution in [1.29, 1.82) is 5.26 Å². The van der Waals surface area contributed by atoms with Crippen molar-refractivity contribution in [2.45, 2.75) is 0 Å². The minimum atomic E-state index is 0.664. The van der Waals surface area contributed by atoms with Crippen molar-refractivity contribution in [2.75, 3.05) is 0 Å². The Morgan fingerprint density at radius 1 is 0.482 bits per heavy atom. The summed E-state index contributed by atoms with van der Waals surface area (Å²) >= 11 is 1.84. The minimum absolute atomic E-state index is 0.664. The van der Waals surface area contributed by atoms with Crippen molar-refractivity contribution in [2.24, 2.45) is 0 Å². The Morgan fingerprint density at radius 2 is 1.07 bits per heavy atom. The molecule has 0 N–H and O–H groups in total. The molecule has 0 saturated heterocycles. The van der Waals surface area contributed by atoms with Gasteiger partial charge in [-0.2, -0.15) is 5.26 Å². The molecule has 0 aliphatic heterocycles. The maximum absolute atomic E-state index is 9.35. The molecular weight excluding hydrogens is 699 g/mol. The normalized spacial score (nSPS) is 11.9. The Hall–Kier alpha value is -7.32. The Kier molecular flexibility index (Phi) is 6.57. The third-order valence-electron chi connectivity index (χ3n) is 11.6. The molecule has 0 aliphatic rings. The quantitative estimate of drug-likeness (QED) is 0.170. The zero-order valence-corrected chi connectivity index (χ0v) is 30.8. The Labute approximate surface area is 325 Å². The lowest BCUT2D eigenvalue weighted by molar-refractivity contribution is 1.25. The molecule has 56 heavy (non-hydrogen) atoms. The number of benzene rings is 9.